The Labute approximate surface area is 197 Å². The van der Waals surface area contributed by atoms with Gasteiger partial charge in [0, 0.05) is 11.6 Å². The Hall–Kier alpha value is -3.92. The maximum atomic E-state index is 13.7. The van der Waals surface area contributed by atoms with Crippen LogP contribution in [-0.2, 0) is 14.8 Å². The number of benzene rings is 3. The number of nitrogens with one attached hydrogen (secondary N) is 1. The lowest BCUT2D eigenvalue weighted by Gasteiger charge is -2.24. The number of methoxy groups -OCH3 is 2. The number of hydrazone groups is 1. The van der Waals surface area contributed by atoms with Crippen LogP contribution in [-0.4, -0.2) is 41.3 Å². The van der Waals surface area contributed by atoms with Gasteiger partial charge in [-0.3, -0.25) is 9.10 Å². The number of amides is 1. The highest BCUT2D eigenvalue weighted by atomic mass is 32.2. The molecule has 0 heterocycles. The summed E-state index contributed by atoms with van der Waals surface area (Å²) in [6.45, 7) is 1.30. The second kappa shape index (κ2) is 10.8. The first-order valence-electron chi connectivity index (χ1n) is 10.1. The van der Waals surface area contributed by atoms with Crippen molar-refractivity contribution in [2.75, 3.05) is 25.1 Å². The standard InChI is InChI=1S/C24H24FN3O5S/c1-17-8-10-19(11-9-17)28(16-24(29)27-26-15-18-6-4-5-7-21(18)25)34(30,31)20-12-13-22(32-2)23(14-20)33-3/h4-15H,16H2,1-3H3,(H,27,29)/b26-15-. The Morgan fingerprint density at radius 2 is 1.71 bits per heavy atom. The zero-order chi connectivity index (χ0) is 24.7. The average molecular weight is 486 g/mol. The van der Waals surface area contributed by atoms with E-state index >= 15 is 0 Å². The molecule has 0 saturated heterocycles. The largest absolute Gasteiger partial charge is 0.493 e. The molecule has 0 atom stereocenters. The van der Waals surface area contributed by atoms with E-state index in [1.165, 1.54) is 50.6 Å². The van der Waals surface area contributed by atoms with E-state index in [2.05, 4.69) is 10.5 Å². The summed E-state index contributed by atoms with van der Waals surface area (Å²) < 4.78 is 52.1. The van der Waals surface area contributed by atoms with Crippen LogP contribution < -0.4 is 19.2 Å². The van der Waals surface area contributed by atoms with Gasteiger partial charge in [0.25, 0.3) is 15.9 Å². The quantitative estimate of drug-likeness (QED) is 0.370. The summed E-state index contributed by atoms with van der Waals surface area (Å²) >= 11 is 0. The van der Waals surface area contributed by atoms with E-state index in [4.69, 9.17) is 9.47 Å². The van der Waals surface area contributed by atoms with Crippen molar-refractivity contribution >= 4 is 27.8 Å². The van der Waals surface area contributed by atoms with Crippen LogP contribution in [0.1, 0.15) is 11.1 Å². The number of anilines is 1. The molecule has 0 fully saturated rings. The third-order valence-electron chi connectivity index (χ3n) is 4.85. The molecule has 3 aromatic carbocycles. The molecule has 1 amide bonds. The van der Waals surface area contributed by atoms with Crippen LogP contribution in [0.3, 0.4) is 0 Å². The summed E-state index contributed by atoms with van der Waals surface area (Å²) in [6, 6.07) is 16.7. The third kappa shape index (κ3) is 5.70. The Balaban J connectivity index is 1.90. The zero-order valence-electron chi connectivity index (χ0n) is 18.9. The number of carbonyl (C=O) groups excluding carboxylic acids is 1. The lowest BCUT2D eigenvalue weighted by atomic mass is 10.2. The number of nitrogens with zero attached hydrogens (tertiary/aromatic N) is 2. The van der Waals surface area contributed by atoms with E-state index in [1.807, 2.05) is 6.92 Å². The fourth-order valence-electron chi connectivity index (χ4n) is 3.05. The zero-order valence-corrected chi connectivity index (χ0v) is 19.7. The van der Waals surface area contributed by atoms with Crippen LogP contribution in [0.4, 0.5) is 10.1 Å². The van der Waals surface area contributed by atoms with E-state index in [0.29, 0.717) is 5.75 Å². The number of halogens is 1. The summed E-state index contributed by atoms with van der Waals surface area (Å²) in [5.74, 6) is -0.620. The number of carbonyl (C=O) groups is 1. The molecular weight excluding hydrogens is 461 g/mol. The minimum atomic E-state index is -4.18. The number of hydrogen-bond donors (Lipinski definition) is 1. The molecule has 0 aliphatic heterocycles. The molecule has 178 valence electrons. The van der Waals surface area contributed by atoms with Gasteiger partial charge in [0.15, 0.2) is 11.5 Å². The Kier molecular flexibility index (Phi) is 7.85. The molecule has 0 radical (unpaired) electrons. The summed E-state index contributed by atoms with van der Waals surface area (Å²) in [4.78, 5) is 12.5. The lowest BCUT2D eigenvalue weighted by Crippen LogP contribution is -2.39. The minimum Gasteiger partial charge on any atom is -0.493 e. The number of ether oxygens (including phenoxy) is 2. The second-order valence-electron chi connectivity index (χ2n) is 7.18. The highest BCUT2D eigenvalue weighted by Gasteiger charge is 2.28. The fourth-order valence-corrected chi connectivity index (χ4v) is 4.49. The van der Waals surface area contributed by atoms with Crippen molar-refractivity contribution in [1.82, 2.24) is 5.43 Å². The summed E-state index contributed by atoms with van der Waals surface area (Å²) in [5, 5.41) is 3.75. The molecular formula is C24H24FN3O5S. The van der Waals surface area contributed by atoms with E-state index < -0.39 is 28.3 Å². The van der Waals surface area contributed by atoms with Gasteiger partial charge in [0.2, 0.25) is 0 Å². The fraction of sp³-hybridized carbons (Fsp3) is 0.167. The van der Waals surface area contributed by atoms with Gasteiger partial charge in [-0.1, -0.05) is 35.9 Å². The number of aryl methyl sites for hydroxylation is 1. The lowest BCUT2D eigenvalue weighted by molar-refractivity contribution is -0.119. The van der Waals surface area contributed by atoms with Gasteiger partial charge in [-0.05, 0) is 37.3 Å². The van der Waals surface area contributed by atoms with Gasteiger partial charge in [0.05, 0.1) is 31.0 Å². The summed E-state index contributed by atoms with van der Waals surface area (Å²) in [7, 11) is -1.34. The first kappa shape index (κ1) is 24.7. The predicted octanol–water partition coefficient (Wildman–Crippen LogP) is 3.50. The van der Waals surface area contributed by atoms with Crippen molar-refractivity contribution in [2.24, 2.45) is 5.10 Å². The normalized spacial score (nSPS) is 11.3. The molecule has 0 saturated carbocycles. The van der Waals surface area contributed by atoms with E-state index in [-0.39, 0.29) is 21.9 Å². The first-order valence-corrected chi connectivity index (χ1v) is 11.6. The Morgan fingerprint density at radius 1 is 1.03 bits per heavy atom. The van der Waals surface area contributed by atoms with E-state index in [0.717, 1.165) is 16.1 Å². The van der Waals surface area contributed by atoms with Crippen molar-refractivity contribution in [1.29, 1.82) is 0 Å². The van der Waals surface area contributed by atoms with Crippen molar-refractivity contribution in [3.8, 4) is 11.5 Å². The van der Waals surface area contributed by atoms with Gasteiger partial charge in [0.1, 0.15) is 12.4 Å². The minimum absolute atomic E-state index is 0.0895. The van der Waals surface area contributed by atoms with Crippen LogP contribution in [0.2, 0.25) is 0 Å². The molecule has 0 aromatic heterocycles. The molecule has 0 aliphatic rings. The number of sulfonamides is 1. The van der Waals surface area contributed by atoms with Crippen LogP contribution in [0.25, 0.3) is 0 Å². The Bertz CT molecular complexity index is 1290. The maximum Gasteiger partial charge on any atom is 0.264 e. The first-order chi connectivity index (χ1) is 16.3. The maximum absolute atomic E-state index is 13.7. The highest BCUT2D eigenvalue weighted by Crippen LogP contribution is 2.32. The van der Waals surface area contributed by atoms with Gasteiger partial charge >= 0.3 is 0 Å². The molecule has 0 spiro atoms. The molecule has 1 N–H and O–H groups in total. The Morgan fingerprint density at radius 3 is 2.35 bits per heavy atom. The SMILES string of the molecule is COc1ccc(S(=O)(=O)N(CC(=O)N/N=C\c2ccccc2F)c2ccc(C)cc2)cc1OC. The second-order valence-corrected chi connectivity index (χ2v) is 9.04. The van der Waals surface area contributed by atoms with Crippen LogP contribution in [0.5, 0.6) is 11.5 Å². The molecule has 3 rings (SSSR count). The van der Waals surface area contributed by atoms with E-state index in [9.17, 15) is 17.6 Å². The molecule has 0 bridgehead atoms. The van der Waals surface area contributed by atoms with Crippen molar-refractivity contribution in [3.63, 3.8) is 0 Å². The van der Waals surface area contributed by atoms with Gasteiger partial charge in [-0.15, -0.1) is 0 Å². The van der Waals surface area contributed by atoms with Gasteiger partial charge in [-0.2, -0.15) is 5.10 Å². The van der Waals surface area contributed by atoms with Crippen LogP contribution in [0, 0.1) is 12.7 Å². The van der Waals surface area contributed by atoms with E-state index in [1.54, 1.807) is 30.3 Å². The third-order valence-corrected chi connectivity index (χ3v) is 6.62. The average Bonchev–Trinajstić information content (AvgIpc) is 2.83. The summed E-state index contributed by atoms with van der Waals surface area (Å²) in [6.07, 6.45) is 1.15. The molecule has 0 unspecified atom stereocenters. The number of rotatable bonds is 9. The summed E-state index contributed by atoms with van der Waals surface area (Å²) in [5.41, 5.74) is 3.63. The number of hydrogen-bond acceptors (Lipinski definition) is 6. The van der Waals surface area contributed by atoms with Crippen molar-refractivity contribution in [3.05, 3.63) is 83.7 Å². The van der Waals surface area contributed by atoms with Crippen LogP contribution in [0.15, 0.2) is 76.7 Å². The predicted molar refractivity (Wildman–Crippen MR) is 127 cm³/mol. The van der Waals surface area contributed by atoms with Crippen molar-refractivity contribution < 1.29 is 27.1 Å². The van der Waals surface area contributed by atoms with Crippen molar-refractivity contribution in [2.45, 2.75) is 11.8 Å². The topological polar surface area (TPSA) is 97.3 Å². The molecule has 10 heteroatoms. The van der Waals surface area contributed by atoms with Gasteiger partial charge < -0.3 is 9.47 Å². The van der Waals surface area contributed by atoms with Gasteiger partial charge in [-0.25, -0.2) is 18.2 Å². The molecule has 0 aliphatic carbocycles. The van der Waals surface area contributed by atoms with Crippen LogP contribution >= 0.6 is 0 Å². The highest BCUT2D eigenvalue weighted by molar-refractivity contribution is 7.92. The molecule has 3 aromatic rings. The smallest absolute Gasteiger partial charge is 0.264 e. The molecule has 8 nitrogen and oxygen atoms in total. The monoisotopic (exact) mass is 485 g/mol. The molecule has 34 heavy (non-hydrogen) atoms.